The molecule has 0 saturated heterocycles. The summed E-state index contributed by atoms with van der Waals surface area (Å²) in [7, 11) is 1.65. The van der Waals surface area contributed by atoms with E-state index in [1.54, 1.807) is 7.11 Å². The number of nitrogens with zero attached hydrogens (tertiary/aromatic N) is 1. The average Bonchev–Trinajstić information content (AvgIpc) is 2.51. The highest BCUT2D eigenvalue weighted by Crippen LogP contribution is 2.03. The van der Waals surface area contributed by atoms with Crippen molar-refractivity contribution in [1.82, 2.24) is 16.0 Å². The first kappa shape index (κ1) is 21.6. The largest absolute Gasteiger partial charge is 0.383 e. The lowest BCUT2D eigenvalue weighted by Gasteiger charge is -2.12. The molecule has 23 heavy (non-hydrogen) atoms. The molecule has 0 aliphatic heterocycles. The molecule has 0 saturated carbocycles. The molecule has 0 spiro atoms. The number of ether oxygens (including phenoxy) is 1. The third-order valence-corrected chi connectivity index (χ3v) is 2.89. The molecule has 0 heterocycles. The predicted octanol–water partition coefficient (Wildman–Crippen LogP) is 1.54. The molecule has 1 rings (SSSR count). The van der Waals surface area contributed by atoms with Crippen molar-refractivity contribution in [3.05, 3.63) is 35.4 Å². The van der Waals surface area contributed by atoms with Crippen LogP contribution in [0.2, 0.25) is 0 Å². The minimum atomic E-state index is -0.0631. The van der Waals surface area contributed by atoms with Crippen molar-refractivity contribution in [3.8, 4) is 0 Å². The number of rotatable bonds is 8. The Morgan fingerprint density at radius 2 is 1.96 bits per heavy atom. The summed E-state index contributed by atoms with van der Waals surface area (Å²) in [6.07, 6.45) is 0. The summed E-state index contributed by atoms with van der Waals surface area (Å²) >= 11 is 0. The standard InChI is InChI=1S/C16H26N4O2.HI/c1-4-17-16(20-10-11-22-3)19-9-8-18-15(21)14-7-5-6-13(2)12-14;/h5-7,12H,4,8-11H2,1-3H3,(H,18,21)(H2,17,19,20);1H. The van der Waals surface area contributed by atoms with Crippen molar-refractivity contribution in [2.75, 3.05) is 39.9 Å². The van der Waals surface area contributed by atoms with Gasteiger partial charge in [0.2, 0.25) is 0 Å². The molecule has 0 bridgehead atoms. The van der Waals surface area contributed by atoms with Gasteiger partial charge in [-0.15, -0.1) is 24.0 Å². The Kier molecular flexibility index (Phi) is 12.4. The van der Waals surface area contributed by atoms with E-state index < -0.39 is 0 Å². The molecule has 0 atom stereocenters. The fraction of sp³-hybridized carbons (Fsp3) is 0.500. The van der Waals surface area contributed by atoms with Gasteiger partial charge >= 0.3 is 0 Å². The summed E-state index contributed by atoms with van der Waals surface area (Å²) in [4.78, 5) is 16.3. The van der Waals surface area contributed by atoms with Gasteiger partial charge in [0.15, 0.2) is 5.96 Å². The average molecular weight is 434 g/mol. The molecule has 130 valence electrons. The number of benzene rings is 1. The van der Waals surface area contributed by atoms with Gasteiger partial charge in [-0.05, 0) is 26.0 Å². The molecule has 7 heteroatoms. The lowest BCUT2D eigenvalue weighted by molar-refractivity contribution is 0.0954. The van der Waals surface area contributed by atoms with Gasteiger partial charge in [-0.2, -0.15) is 0 Å². The smallest absolute Gasteiger partial charge is 0.251 e. The highest BCUT2D eigenvalue weighted by molar-refractivity contribution is 14.0. The molecule has 0 fully saturated rings. The second-order valence-corrected chi connectivity index (χ2v) is 4.81. The number of amides is 1. The predicted molar refractivity (Wildman–Crippen MR) is 105 cm³/mol. The maximum absolute atomic E-state index is 12.0. The van der Waals surface area contributed by atoms with E-state index in [0.29, 0.717) is 31.8 Å². The Morgan fingerprint density at radius 1 is 1.22 bits per heavy atom. The first-order chi connectivity index (χ1) is 10.7. The van der Waals surface area contributed by atoms with Crippen LogP contribution in [0.3, 0.4) is 0 Å². The Bertz CT molecular complexity index is 495. The number of aryl methyl sites for hydroxylation is 1. The first-order valence-corrected chi connectivity index (χ1v) is 7.53. The molecule has 1 aromatic carbocycles. The van der Waals surface area contributed by atoms with Gasteiger partial charge in [0.25, 0.3) is 5.91 Å². The van der Waals surface area contributed by atoms with Gasteiger partial charge in [-0.25, -0.2) is 0 Å². The number of hydrogen-bond acceptors (Lipinski definition) is 3. The van der Waals surface area contributed by atoms with Crippen molar-refractivity contribution in [2.24, 2.45) is 4.99 Å². The van der Waals surface area contributed by atoms with Crippen LogP contribution in [0.1, 0.15) is 22.8 Å². The summed E-state index contributed by atoms with van der Waals surface area (Å²) < 4.78 is 4.97. The molecule has 0 aromatic heterocycles. The Hall–Kier alpha value is -1.35. The topological polar surface area (TPSA) is 74.8 Å². The van der Waals surface area contributed by atoms with Gasteiger partial charge in [0.1, 0.15) is 0 Å². The van der Waals surface area contributed by atoms with Gasteiger partial charge in [-0.3, -0.25) is 9.79 Å². The van der Waals surface area contributed by atoms with Crippen molar-refractivity contribution in [2.45, 2.75) is 13.8 Å². The van der Waals surface area contributed by atoms with Crippen LogP contribution in [0.15, 0.2) is 29.3 Å². The monoisotopic (exact) mass is 434 g/mol. The number of guanidine groups is 1. The second kappa shape index (κ2) is 13.1. The van der Waals surface area contributed by atoms with E-state index >= 15 is 0 Å². The quantitative estimate of drug-likeness (QED) is 0.251. The Balaban J connectivity index is 0.00000484. The van der Waals surface area contributed by atoms with E-state index in [4.69, 9.17) is 4.74 Å². The van der Waals surface area contributed by atoms with E-state index in [-0.39, 0.29) is 29.9 Å². The van der Waals surface area contributed by atoms with Crippen LogP contribution in [-0.2, 0) is 4.74 Å². The van der Waals surface area contributed by atoms with Crippen LogP contribution >= 0.6 is 24.0 Å². The normalized spacial score (nSPS) is 10.7. The summed E-state index contributed by atoms with van der Waals surface area (Å²) in [5.74, 6) is 0.663. The molecule has 0 aliphatic rings. The Morgan fingerprint density at radius 3 is 2.61 bits per heavy atom. The van der Waals surface area contributed by atoms with E-state index in [1.807, 2.05) is 38.1 Å². The van der Waals surface area contributed by atoms with Gasteiger partial charge < -0.3 is 20.7 Å². The molecule has 0 unspecified atom stereocenters. The molecule has 6 nitrogen and oxygen atoms in total. The lowest BCUT2D eigenvalue weighted by Crippen LogP contribution is -2.41. The molecular formula is C16H27IN4O2. The highest BCUT2D eigenvalue weighted by atomic mass is 127. The van der Waals surface area contributed by atoms with Crippen LogP contribution in [0, 0.1) is 6.92 Å². The van der Waals surface area contributed by atoms with Gasteiger partial charge in [0, 0.05) is 32.3 Å². The summed E-state index contributed by atoms with van der Waals surface area (Å²) in [6.45, 7) is 7.08. The summed E-state index contributed by atoms with van der Waals surface area (Å²) in [6, 6.07) is 7.54. The zero-order valence-electron chi connectivity index (χ0n) is 14.0. The van der Waals surface area contributed by atoms with Crippen molar-refractivity contribution in [3.63, 3.8) is 0 Å². The van der Waals surface area contributed by atoms with E-state index in [9.17, 15) is 4.79 Å². The summed E-state index contributed by atoms with van der Waals surface area (Å²) in [5.41, 5.74) is 1.76. The van der Waals surface area contributed by atoms with E-state index in [2.05, 4.69) is 20.9 Å². The third-order valence-electron chi connectivity index (χ3n) is 2.89. The highest BCUT2D eigenvalue weighted by Gasteiger charge is 2.04. The number of halogens is 1. The second-order valence-electron chi connectivity index (χ2n) is 4.81. The van der Waals surface area contributed by atoms with Crippen molar-refractivity contribution in [1.29, 1.82) is 0 Å². The van der Waals surface area contributed by atoms with Crippen LogP contribution < -0.4 is 16.0 Å². The number of nitrogens with one attached hydrogen (secondary N) is 3. The van der Waals surface area contributed by atoms with Gasteiger partial charge in [0.05, 0.1) is 13.2 Å². The number of methoxy groups -OCH3 is 1. The molecular weight excluding hydrogens is 407 g/mol. The zero-order valence-corrected chi connectivity index (χ0v) is 16.3. The minimum absolute atomic E-state index is 0. The first-order valence-electron chi connectivity index (χ1n) is 7.53. The fourth-order valence-corrected chi connectivity index (χ4v) is 1.84. The number of aliphatic imine (C=N–C) groups is 1. The molecule has 0 radical (unpaired) electrons. The molecule has 1 amide bonds. The van der Waals surface area contributed by atoms with Crippen LogP contribution in [0.4, 0.5) is 0 Å². The number of carbonyl (C=O) groups is 1. The SMILES string of the molecule is CCNC(=NCCOC)NCCNC(=O)c1cccc(C)c1.I. The van der Waals surface area contributed by atoms with Crippen molar-refractivity contribution >= 4 is 35.8 Å². The maximum atomic E-state index is 12.0. The number of carbonyl (C=O) groups excluding carboxylic acids is 1. The fourth-order valence-electron chi connectivity index (χ4n) is 1.84. The van der Waals surface area contributed by atoms with E-state index in [1.165, 1.54) is 0 Å². The molecule has 1 aromatic rings. The van der Waals surface area contributed by atoms with Gasteiger partial charge in [-0.1, -0.05) is 17.7 Å². The zero-order chi connectivity index (χ0) is 16.2. The molecule has 3 N–H and O–H groups in total. The maximum Gasteiger partial charge on any atom is 0.251 e. The third kappa shape index (κ3) is 9.39. The molecule has 0 aliphatic carbocycles. The van der Waals surface area contributed by atoms with Crippen LogP contribution in [-0.4, -0.2) is 51.8 Å². The van der Waals surface area contributed by atoms with Crippen molar-refractivity contribution < 1.29 is 9.53 Å². The van der Waals surface area contributed by atoms with Crippen LogP contribution in [0.5, 0.6) is 0 Å². The van der Waals surface area contributed by atoms with E-state index in [0.717, 1.165) is 18.1 Å². The minimum Gasteiger partial charge on any atom is -0.383 e. The van der Waals surface area contributed by atoms with Crippen LogP contribution in [0.25, 0.3) is 0 Å². The number of hydrogen-bond donors (Lipinski definition) is 3. The lowest BCUT2D eigenvalue weighted by atomic mass is 10.1. The Labute approximate surface area is 155 Å². The summed E-state index contributed by atoms with van der Waals surface area (Å²) in [5, 5.41) is 9.19.